The van der Waals surface area contributed by atoms with E-state index >= 15 is 0 Å². The number of nitro groups is 1. The van der Waals surface area contributed by atoms with E-state index in [2.05, 4.69) is 9.97 Å². The Bertz CT molecular complexity index is 940. The number of halogens is 4. The average Bonchev–Trinajstić information content (AvgIpc) is 2.58. The number of nitrogens with zero attached hydrogens (tertiary/aromatic N) is 4. The summed E-state index contributed by atoms with van der Waals surface area (Å²) in [4.78, 5) is 31.0. The van der Waals surface area contributed by atoms with Crippen LogP contribution in [0.3, 0.4) is 0 Å². The lowest BCUT2D eigenvalue weighted by molar-refractivity contribution is -0.386. The number of hydrogen-bond donors (Lipinski definition) is 0. The predicted molar refractivity (Wildman–Crippen MR) is 95.0 cm³/mol. The Balaban J connectivity index is 2.63. The fraction of sp³-hybridized carbons (Fsp3) is 0.267. The number of alkyl halides is 3. The van der Waals surface area contributed by atoms with Gasteiger partial charge < -0.3 is 9.64 Å². The highest BCUT2D eigenvalue weighted by molar-refractivity contribution is 7.98. The van der Waals surface area contributed by atoms with E-state index in [1.54, 1.807) is 6.26 Å². The highest BCUT2D eigenvalue weighted by atomic mass is 35.5. The summed E-state index contributed by atoms with van der Waals surface area (Å²) in [5.41, 5.74) is -2.29. The minimum Gasteiger partial charge on any atom is -0.434 e. The number of amides is 1. The van der Waals surface area contributed by atoms with Gasteiger partial charge in [0.25, 0.3) is 5.91 Å². The molecule has 13 heteroatoms. The first-order valence-corrected chi connectivity index (χ1v) is 8.92. The van der Waals surface area contributed by atoms with E-state index in [9.17, 15) is 28.1 Å². The molecule has 0 N–H and O–H groups in total. The summed E-state index contributed by atoms with van der Waals surface area (Å²) in [6.45, 7) is 0. The molecule has 0 saturated carbocycles. The van der Waals surface area contributed by atoms with E-state index in [-0.39, 0.29) is 10.7 Å². The number of thioether (sulfide) groups is 1. The zero-order valence-electron chi connectivity index (χ0n) is 14.6. The smallest absolute Gasteiger partial charge is 0.416 e. The lowest BCUT2D eigenvalue weighted by atomic mass is 10.1. The van der Waals surface area contributed by atoms with Crippen molar-refractivity contribution in [3.05, 3.63) is 44.6 Å². The molecule has 0 unspecified atom stereocenters. The molecule has 1 aromatic carbocycles. The summed E-state index contributed by atoms with van der Waals surface area (Å²) in [5, 5.41) is 10.7. The van der Waals surface area contributed by atoms with Gasteiger partial charge in [-0.3, -0.25) is 14.9 Å². The van der Waals surface area contributed by atoms with E-state index in [0.29, 0.717) is 12.1 Å². The van der Waals surface area contributed by atoms with Gasteiger partial charge in [-0.1, -0.05) is 23.4 Å². The molecule has 1 aromatic heterocycles. The Morgan fingerprint density at radius 2 is 1.93 bits per heavy atom. The summed E-state index contributed by atoms with van der Waals surface area (Å²) in [6.07, 6.45) is -3.21. The third-order valence-electron chi connectivity index (χ3n) is 3.26. The van der Waals surface area contributed by atoms with Gasteiger partial charge in [0.05, 0.1) is 10.5 Å². The van der Waals surface area contributed by atoms with Crippen molar-refractivity contribution in [2.45, 2.75) is 11.3 Å². The van der Waals surface area contributed by atoms with Gasteiger partial charge in [-0.05, 0) is 24.5 Å². The quantitative estimate of drug-likeness (QED) is 0.227. The van der Waals surface area contributed by atoms with Gasteiger partial charge >= 0.3 is 17.7 Å². The predicted octanol–water partition coefficient (Wildman–Crippen LogP) is 4.27. The van der Waals surface area contributed by atoms with Crippen LogP contribution in [-0.2, 0) is 6.18 Å². The molecule has 0 aliphatic heterocycles. The summed E-state index contributed by atoms with van der Waals surface area (Å²) >= 11 is 6.77. The molecule has 0 bridgehead atoms. The third-order valence-corrected chi connectivity index (χ3v) is 4.07. The first-order chi connectivity index (χ1) is 12.9. The van der Waals surface area contributed by atoms with Crippen LogP contribution in [0.2, 0.25) is 5.15 Å². The molecular formula is C15H12ClF3N4O4S. The van der Waals surface area contributed by atoms with Crippen molar-refractivity contribution in [1.29, 1.82) is 0 Å². The van der Waals surface area contributed by atoms with Crippen LogP contribution >= 0.6 is 23.4 Å². The van der Waals surface area contributed by atoms with Crippen molar-refractivity contribution in [2.24, 2.45) is 0 Å². The topological polar surface area (TPSA) is 98.5 Å². The number of rotatable bonds is 5. The number of carbonyl (C=O) groups excluding carboxylic acids is 1. The van der Waals surface area contributed by atoms with Crippen LogP contribution in [0.1, 0.15) is 15.9 Å². The summed E-state index contributed by atoms with van der Waals surface area (Å²) < 4.78 is 44.8. The average molecular weight is 437 g/mol. The number of benzene rings is 1. The second-order valence-electron chi connectivity index (χ2n) is 5.46. The van der Waals surface area contributed by atoms with Crippen molar-refractivity contribution in [3.63, 3.8) is 0 Å². The maximum absolute atomic E-state index is 13.2. The molecule has 0 atom stereocenters. The zero-order chi connectivity index (χ0) is 21.2. The molecule has 0 fully saturated rings. The Hall–Kier alpha value is -2.60. The molecule has 0 aliphatic carbocycles. The summed E-state index contributed by atoms with van der Waals surface area (Å²) in [6, 6.07) is 2.28. The highest BCUT2D eigenvalue weighted by Crippen LogP contribution is 2.38. The standard InChI is InChI=1S/C15H12ClF3N4O4S/c1-22(2)13(24)7-4-8(15(17,18)19)6-9(5-7)27-12-10(23(25)26)11(16)20-14(21-12)28-3/h4-6H,1-3H3. The zero-order valence-corrected chi connectivity index (χ0v) is 16.1. The maximum Gasteiger partial charge on any atom is 0.416 e. The van der Waals surface area contributed by atoms with E-state index < -0.39 is 45.0 Å². The van der Waals surface area contributed by atoms with E-state index in [1.165, 1.54) is 14.1 Å². The lowest BCUT2D eigenvalue weighted by Gasteiger charge is -2.15. The SMILES string of the molecule is CSc1nc(Cl)c([N+](=O)[O-])c(Oc2cc(C(=O)N(C)C)cc(C(F)(F)F)c2)n1. The minimum atomic E-state index is -4.78. The van der Waals surface area contributed by atoms with Gasteiger partial charge in [0.15, 0.2) is 5.16 Å². The van der Waals surface area contributed by atoms with Crippen molar-refractivity contribution >= 4 is 35.0 Å². The first kappa shape index (κ1) is 21.7. The molecular weight excluding hydrogens is 425 g/mol. The maximum atomic E-state index is 13.2. The molecule has 1 heterocycles. The first-order valence-electron chi connectivity index (χ1n) is 7.31. The van der Waals surface area contributed by atoms with Gasteiger partial charge in [-0.25, -0.2) is 4.98 Å². The normalized spacial score (nSPS) is 11.2. The Labute approximate surface area is 165 Å². The van der Waals surface area contributed by atoms with Crippen molar-refractivity contribution in [2.75, 3.05) is 20.4 Å². The van der Waals surface area contributed by atoms with Crippen LogP contribution in [0, 0.1) is 10.1 Å². The molecule has 8 nitrogen and oxygen atoms in total. The van der Waals surface area contributed by atoms with Crippen LogP contribution in [0.4, 0.5) is 18.9 Å². The Morgan fingerprint density at radius 1 is 1.29 bits per heavy atom. The van der Waals surface area contributed by atoms with Gasteiger partial charge in [0.1, 0.15) is 5.75 Å². The number of aromatic nitrogens is 2. The molecule has 0 aliphatic rings. The van der Waals surface area contributed by atoms with Crippen LogP contribution in [0.15, 0.2) is 23.4 Å². The van der Waals surface area contributed by atoms with Crippen molar-refractivity contribution < 1.29 is 27.6 Å². The van der Waals surface area contributed by atoms with Gasteiger partial charge in [0, 0.05) is 19.7 Å². The second kappa shape index (κ2) is 8.19. The van der Waals surface area contributed by atoms with E-state index in [0.717, 1.165) is 22.7 Å². The third kappa shape index (κ3) is 4.81. The molecule has 0 radical (unpaired) electrons. The number of hydrogen-bond acceptors (Lipinski definition) is 7. The monoisotopic (exact) mass is 436 g/mol. The molecule has 1 amide bonds. The van der Waals surface area contributed by atoms with Gasteiger partial charge in [-0.15, -0.1) is 0 Å². The van der Waals surface area contributed by atoms with Crippen LogP contribution in [0.5, 0.6) is 11.6 Å². The minimum absolute atomic E-state index is 0.0159. The van der Waals surface area contributed by atoms with Crippen molar-refractivity contribution in [3.8, 4) is 11.6 Å². The molecule has 28 heavy (non-hydrogen) atoms. The largest absolute Gasteiger partial charge is 0.434 e. The summed E-state index contributed by atoms with van der Waals surface area (Å²) in [5.74, 6) is -1.82. The van der Waals surface area contributed by atoms with Gasteiger partial charge in [0.2, 0.25) is 5.15 Å². The van der Waals surface area contributed by atoms with Crippen LogP contribution < -0.4 is 4.74 Å². The second-order valence-corrected chi connectivity index (χ2v) is 6.59. The fourth-order valence-electron chi connectivity index (χ4n) is 2.02. The molecule has 150 valence electrons. The van der Waals surface area contributed by atoms with Crippen LogP contribution in [-0.4, -0.2) is 46.0 Å². The van der Waals surface area contributed by atoms with E-state index in [4.69, 9.17) is 16.3 Å². The van der Waals surface area contributed by atoms with E-state index in [1.807, 2.05) is 0 Å². The highest BCUT2D eigenvalue weighted by Gasteiger charge is 2.33. The van der Waals surface area contributed by atoms with Crippen LogP contribution in [0.25, 0.3) is 0 Å². The molecule has 0 saturated heterocycles. The number of carbonyl (C=O) groups is 1. The van der Waals surface area contributed by atoms with Gasteiger partial charge in [-0.2, -0.15) is 18.2 Å². The molecule has 2 rings (SSSR count). The molecule has 0 spiro atoms. The fourth-order valence-corrected chi connectivity index (χ4v) is 2.66. The lowest BCUT2D eigenvalue weighted by Crippen LogP contribution is -2.22. The number of ether oxygens (including phenoxy) is 1. The summed E-state index contributed by atoms with van der Waals surface area (Å²) in [7, 11) is 2.73. The Kier molecular flexibility index (Phi) is 6.34. The van der Waals surface area contributed by atoms with Crippen molar-refractivity contribution in [1.82, 2.24) is 14.9 Å². The molecule has 2 aromatic rings. The Morgan fingerprint density at radius 3 is 2.43 bits per heavy atom.